The minimum Gasteiger partial charge on any atom is -0.298 e. The fraction of sp³-hybridized carbons (Fsp3) is 0.250. The Morgan fingerprint density at radius 2 is 2.00 bits per heavy atom. The number of carbonyl (C=O) groups is 1. The van der Waals surface area contributed by atoms with Crippen LogP contribution in [0, 0.1) is 6.92 Å². The monoisotopic (exact) mass is 383 g/mol. The van der Waals surface area contributed by atoms with Crippen LogP contribution in [-0.2, 0) is 6.42 Å². The van der Waals surface area contributed by atoms with E-state index in [0.29, 0.717) is 15.7 Å². The van der Waals surface area contributed by atoms with E-state index in [2.05, 4.69) is 46.5 Å². The Morgan fingerprint density at radius 3 is 2.69 bits per heavy atom. The van der Waals surface area contributed by atoms with Crippen LogP contribution in [0.15, 0.2) is 47.6 Å². The first-order valence-electron chi connectivity index (χ1n) is 8.49. The summed E-state index contributed by atoms with van der Waals surface area (Å²) in [6.07, 6.45) is 5.82. The fourth-order valence-corrected chi connectivity index (χ4v) is 4.10. The molecule has 3 aromatic rings. The third-order valence-electron chi connectivity index (χ3n) is 3.99. The van der Waals surface area contributed by atoms with Crippen LogP contribution in [0.4, 0.5) is 5.13 Å². The van der Waals surface area contributed by atoms with Gasteiger partial charge in [-0.25, -0.2) is 9.97 Å². The topological polar surface area (TPSA) is 54.9 Å². The first kappa shape index (κ1) is 18.6. The lowest BCUT2D eigenvalue weighted by Crippen LogP contribution is -2.13. The maximum absolute atomic E-state index is 12.6. The van der Waals surface area contributed by atoms with Crippen molar-refractivity contribution in [2.45, 2.75) is 31.7 Å². The molecular weight excluding hydrogens is 362 g/mol. The van der Waals surface area contributed by atoms with E-state index in [9.17, 15) is 4.79 Å². The Balaban J connectivity index is 1.80. The number of aromatic nitrogens is 2. The second-order valence-corrected chi connectivity index (χ2v) is 7.88. The molecule has 0 atom stereocenters. The molecular formula is C20H21N3OS2. The molecule has 0 aliphatic rings. The minimum absolute atomic E-state index is 0.180. The molecule has 26 heavy (non-hydrogen) atoms. The molecule has 4 nitrogen and oxygen atoms in total. The minimum atomic E-state index is -0.180. The molecule has 0 radical (unpaired) electrons. The maximum atomic E-state index is 12.6. The van der Waals surface area contributed by atoms with Gasteiger partial charge in [0.05, 0.1) is 11.3 Å². The normalized spacial score (nSPS) is 10.7. The largest absolute Gasteiger partial charge is 0.298 e. The van der Waals surface area contributed by atoms with Gasteiger partial charge in [-0.15, -0.1) is 23.1 Å². The first-order valence-corrected chi connectivity index (χ1v) is 10.5. The summed E-state index contributed by atoms with van der Waals surface area (Å²) in [5.74, 6) is -0.180. The fourth-order valence-electron chi connectivity index (χ4n) is 2.73. The molecule has 0 bridgehead atoms. The summed E-state index contributed by atoms with van der Waals surface area (Å²) in [4.78, 5) is 22.5. The first-order chi connectivity index (χ1) is 12.6. The predicted molar refractivity (Wildman–Crippen MR) is 110 cm³/mol. The van der Waals surface area contributed by atoms with Gasteiger partial charge in [0, 0.05) is 16.6 Å². The molecule has 134 valence electrons. The Morgan fingerprint density at radius 1 is 1.23 bits per heavy atom. The Labute approximate surface area is 162 Å². The molecule has 3 rings (SSSR count). The number of carbonyl (C=O) groups excluding carboxylic acids is 1. The smallest absolute Gasteiger partial charge is 0.260 e. The number of aryl methyl sites for hydroxylation is 2. The van der Waals surface area contributed by atoms with Crippen molar-refractivity contribution in [1.29, 1.82) is 0 Å². The number of rotatable bonds is 6. The molecule has 0 saturated carbocycles. The zero-order valence-electron chi connectivity index (χ0n) is 15.1. The Bertz CT molecular complexity index is 904. The number of hydrogen-bond donors (Lipinski definition) is 1. The van der Waals surface area contributed by atoms with Gasteiger partial charge in [0.15, 0.2) is 5.13 Å². The van der Waals surface area contributed by atoms with E-state index in [4.69, 9.17) is 0 Å². The van der Waals surface area contributed by atoms with Gasteiger partial charge in [0.1, 0.15) is 5.03 Å². The van der Waals surface area contributed by atoms with Gasteiger partial charge in [-0.3, -0.25) is 10.1 Å². The standard InChI is InChI=1S/C20H21N3OS2/c1-4-6-14-8-10-15(11-9-14)17-13(2)26-20(22-17)23-18(24)16-7-5-12-21-19(16)25-3/h5,7-12H,4,6H2,1-3H3,(H,22,23,24). The molecule has 2 aromatic heterocycles. The molecule has 0 aliphatic carbocycles. The number of benzene rings is 1. The zero-order chi connectivity index (χ0) is 18.5. The third kappa shape index (κ3) is 4.14. The summed E-state index contributed by atoms with van der Waals surface area (Å²) in [6.45, 7) is 4.21. The van der Waals surface area contributed by atoms with Crippen LogP contribution in [0.3, 0.4) is 0 Å². The summed E-state index contributed by atoms with van der Waals surface area (Å²) in [5, 5.41) is 4.23. The molecule has 0 spiro atoms. The van der Waals surface area contributed by atoms with Crippen molar-refractivity contribution in [1.82, 2.24) is 9.97 Å². The van der Waals surface area contributed by atoms with Crippen LogP contribution in [0.25, 0.3) is 11.3 Å². The lowest BCUT2D eigenvalue weighted by molar-refractivity contribution is 0.102. The molecule has 0 unspecified atom stereocenters. The van der Waals surface area contributed by atoms with Gasteiger partial charge < -0.3 is 0 Å². The molecule has 0 fully saturated rings. The highest BCUT2D eigenvalue weighted by Gasteiger charge is 2.16. The summed E-state index contributed by atoms with van der Waals surface area (Å²) in [5.41, 5.74) is 3.90. The predicted octanol–water partition coefficient (Wildman–Crippen LogP) is 5.44. The number of thiazole rings is 1. The zero-order valence-corrected chi connectivity index (χ0v) is 16.7. The van der Waals surface area contributed by atoms with Crippen molar-refractivity contribution < 1.29 is 4.79 Å². The summed E-state index contributed by atoms with van der Waals surface area (Å²) in [7, 11) is 0. The average molecular weight is 384 g/mol. The van der Waals surface area contributed by atoms with Crippen LogP contribution in [0.1, 0.15) is 34.1 Å². The lowest BCUT2D eigenvalue weighted by atomic mass is 10.1. The molecule has 6 heteroatoms. The van der Waals surface area contributed by atoms with Gasteiger partial charge in [-0.05, 0) is 37.3 Å². The van der Waals surface area contributed by atoms with Gasteiger partial charge in [0.2, 0.25) is 0 Å². The number of amides is 1. The summed E-state index contributed by atoms with van der Waals surface area (Å²) in [6, 6.07) is 12.1. The number of thioether (sulfide) groups is 1. The van der Waals surface area contributed by atoms with Crippen molar-refractivity contribution in [3.05, 3.63) is 58.6 Å². The number of anilines is 1. The van der Waals surface area contributed by atoms with Crippen LogP contribution < -0.4 is 5.32 Å². The van der Waals surface area contributed by atoms with E-state index in [1.54, 1.807) is 18.3 Å². The van der Waals surface area contributed by atoms with Crippen molar-refractivity contribution in [2.75, 3.05) is 11.6 Å². The summed E-state index contributed by atoms with van der Waals surface area (Å²) >= 11 is 2.95. The van der Waals surface area contributed by atoms with Crippen LogP contribution >= 0.6 is 23.1 Å². The Hall–Kier alpha value is -2.18. The van der Waals surface area contributed by atoms with Gasteiger partial charge in [-0.2, -0.15) is 0 Å². The molecule has 0 aliphatic heterocycles. The third-order valence-corrected chi connectivity index (χ3v) is 5.59. The molecule has 1 aromatic carbocycles. The number of nitrogens with zero attached hydrogens (tertiary/aromatic N) is 2. The number of nitrogens with one attached hydrogen (secondary N) is 1. The molecule has 1 N–H and O–H groups in total. The van der Waals surface area contributed by atoms with Crippen molar-refractivity contribution in [3.63, 3.8) is 0 Å². The van der Waals surface area contributed by atoms with E-state index in [0.717, 1.165) is 29.0 Å². The second-order valence-electron chi connectivity index (χ2n) is 5.89. The van der Waals surface area contributed by atoms with E-state index in [1.807, 2.05) is 13.2 Å². The lowest BCUT2D eigenvalue weighted by Gasteiger charge is -2.05. The molecule has 0 saturated heterocycles. The Kier molecular flexibility index (Phi) is 6.06. The van der Waals surface area contributed by atoms with Gasteiger partial charge in [0.25, 0.3) is 5.91 Å². The highest BCUT2D eigenvalue weighted by atomic mass is 32.2. The molecule has 1 amide bonds. The van der Waals surface area contributed by atoms with Crippen LogP contribution in [-0.4, -0.2) is 22.1 Å². The van der Waals surface area contributed by atoms with Crippen molar-refractivity contribution in [3.8, 4) is 11.3 Å². The van der Waals surface area contributed by atoms with Crippen LogP contribution in [0.5, 0.6) is 0 Å². The van der Waals surface area contributed by atoms with E-state index < -0.39 is 0 Å². The number of hydrogen-bond acceptors (Lipinski definition) is 5. The SMILES string of the molecule is CCCc1ccc(-c2nc(NC(=O)c3cccnc3SC)sc2C)cc1. The quantitative estimate of drug-likeness (QED) is 0.576. The van der Waals surface area contributed by atoms with Crippen LogP contribution in [0.2, 0.25) is 0 Å². The molecule has 2 heterocycles. The average Bonchev–Trinajstić information content (AvgIpc) is 3.02. The van der Waals surface area contributed by atoms with Crippen molar-refractivity contribution in [2.24, 2.45) is 0 Å². The van der Waals surface area contributed by atoms with Gasteiger partial charge in [-0.1, -0.05) is 37.6 Å². The number of pyridine rings is 1. The maximum Gasteiger partial charge on any atom is 0.260 e. The summed E-state index contributed by atoms with van der Waals surface area (Å²) < 4.78 is 0. The highest BCUT2D eigenvalue weighted by molar-refractivity contribution is 7.98. The van der Waals surface area contributed by atoms with E-state index in [1.165, 1.54) is 28.7 Å². The highest BCUT2D eigenvalue weighted by Crippen LogP contribution is 2.31. The van der Waals surface area contributed by atoms with E-state index >= 15 is 0 Å². The van der Waals surface area contributed by atoms with E-state index in [-0.39, 0.29) is 5.91 Å². The van der Waals surface area contributed by atoms with Crippen molar-refractivity contribution >= 4 is 34.1 Å². The second kappa shape index (κ2) is 8.47. The van der Waals surface area contributed by atoms with Gasteiger partial charge >= 0.3 is 0 Å².